The normalized spacial score (nSPS) is 24.5. The van der Waals surface area contributed by atoms with Crippen LogP contribution in [0.15, 0.2) is 72.9 Å². The van der Waals surface area contributed by atoms with Gasteiger partial charge in [-0.05, 0) is 65.8 Å². The lowest BCUT2D eigenvalue weighted by atomic mass is 9.63. The van der Waals surface area contributed by atoms with E-state index >= 15 is 0 Å². The van der Waals surface area contributed by atoms with Crippen LogP contribution in [0.3, 0.4) is 0 Å². The van der Waals surface area contributed by atoms with Gasteiger partial charge < -0.3 is 0 Å². The lowest BCUT2D eigenvalue weighted by molar-refractivity contribution is 0.145. The maximum absolute atomic E-state index is 4.55. The number of hydrogen-bond acceptors (Lipinski definition) is 1. The van der Waals surface area contributed by atoms with Gasteiger partial charge in [-0.1, -0.05) is 67.4 Å². The van der Waals surface area contributed by atoms with E-state index in [4.69, 9.17) is 0 Å². The highest BCUT2D eigenvalue weighted by Gasteiger charge is 2.36. The Bertz CT molecular complexity index is 874. The summed E-state index contributed by atoms with van der Waals surface area (Å²) < 4.78 is 0. The molecule has 1 atom stereocenters. The van der Waals surface area contributed by atoms with E-state index in [1.165, 1.54) is 48.8 Å². The highest BCUT2D eigenvalue weighted by atomic mass is 14.7. The van der Waals surface area contributed by atoms with Gasteiger partial charge in [0.2, 0.25) is 0 Å². The molecule has 1 nitrogen and oxygen atoms in total. The first-order valence-electron chi connectivity index (χ1n) is 9.98. The Kier molecular flexibility index (Phi) is 4.09. The van der Waals surface area contributed by atoms with Crippen molar-refractivity contribution >= 4 is 0 Å². The van der Waals surface area contributed by atoms with Crippen LogP contribution >= 0.6 is 0 Å². The molecule has 3 saturated carbocycles. The van der Waals surface area contributed by atoms with Crippen LogP contribution in [-0.4, -0.2) is 4.98 Å². The van der Waals surface area contributed by atoms with Gasteiger partial charge in [-0.2, -0.15) is 0 Å². The molecule has 0 saturated heterocycles. The minimum Gasteiger partial charge on any atom is -0.256 e. The number of pyridine rings is 1. The summed E-state index contributed by atoms with van der Waals surface area (Å²) in [6.07, 6.45) is 9.17. The fourth-order valence-corrected chi connectivity index (χ4v) is 5.09. The predicted molar refractivity (Wildman–Crippen MR) is 108 cm³/mol. The van der Waals surface area contributed by atoms with E-state index in [0.29, 0.717) is 0 Å². The second kappa shape index (κ2) is 6.72. The van der Waals surface area contributed by atoms with Gasteiger partial charge in [0.15, 0.2) is 0 Å². The summed E-state index contributed by atoms with van der Waals surface area (Å²) in [6.45, 7) is 0. The second-order valence-electron chi connectivity index (χ2n) is 8.04. The van der Waals surface area contributed by atoms with Crippen molar-refractivity contribution in [3.8, 4) is 22.4 Å². The highest BCUT2D eigenvalue weighted by Crippen LogP contribution is 2.49. The van der Waals surface area contributed by atoms with E-state index in [1.54, 1.807) is 5.56 Å². The molecule has 130 valence electrons. The molecule has 3 fully saturated rings. The summed E-state index contributed by atoms with van der Waals surface area (Å²) in [6, 6.07) is 24.1. The average molecular weight is 339 g/mol. The number of nitrogens with zero attached hydrogens (tertiary/aromatic N) is 1. The smallest absolute Gasteiger partial charge is 0.0708 e. The van der Waals surface area contributed by atoms with Gasteiger partial charge in [0.05, 0.1) is 5.69 Å². The Morgan fingerprint density at radius 2 is 1.46 bits per heavy atom. The van der Waals surface area contributed by atoms with Crippen molar-refractivity contribution in [1.82, 2.24) is 4.98 Å². The highest BCUT2D eigenvalue weighted by molar-refractivity contribution is 5.70. The first-order chi connectivity index (χ1) is 12.9. The zero-order valence-electron chi connectivity index (χ0n) is 15.1. The van der Waals surface area contributed by atoms with Gasteiger partial charge in [0.25, 0.3) is 0 Å². The summed E-state index contributed by atoms with van der Waals surface area (Å²) in [5.74, 6) is 2.71. The van der Waals surface area contributed by atoms with Crippen molar-refractivity contribution in [2.75, 3.05) is 0 Å². The maximum atomic E-state index is 4.55. The van der Waals surface area contributed by atoms with E-state index in [2.05, 4.69) is 65.6 Å². The molecule has 3 aliphatic rings. The molecule has 0 aliphatic heterocycles. The number of hydrogen-bond donors (Lipinski definition) is 0. The lowest BCUT2D eigenvalue weighted by Gasteiger charge is -2.42. The standard InChI is InChI=1S/C25H25N/c1-2-4-22(5-3-1)25-17-23(14-15-26-25)19-10-12-21(13-11-19)24-16-18-6-8-20(24)9-7-18/h1-5,10-15,17-18,20,24H,6-9,16H2. The predicted octanol–water partition coefficient (Wildman–Crippen LogP) is 6.71. The van der Waals surface area contributed by atoms with Crippen LogP contribution in [0, 0.1) is 11.8 Å². The molecule has 1 unspecified atom stereocenters. The monoisotopic (exact) mass is 339 g/mol. The van der Waals surface area contributed by atoms with E-state index in [9.17, 15) is 0 Å². The molecule has 1 heteroatoms. The molecule has 3 aromatic rings. The molecule has 2 aromatic carbocycles. The van der Waals surface area contributed by atoms with Crippen LogP contribution in [-0.2, 0) is 0 Å². The summed E-state index contributed by atoms with van der Waals surface area (Å²) in [5, 5.41) is 0. The van der Waals surface area contributed by atoms with Gasteiger partial charge in [-0.3, -0.25) is 4.98 Å². The van der Waals surface area contributed by atoms with Crippen molar-refractivity contribution in [2.24, 2.45) is 11.8 Å². The van der Waals surface area contributed by atoms with Gasteiger partial charge in [-0.15, -0.1) is 0 Å². The van der Waals surface area contributed by atoms with Gasteiger partial charge >= 0.3 is 0 Å². The van der Waals surface area contributed by atoms with Crippen LogP contribution in [0.5, 0.6) is 0 Å². The molecular weight excluding hydrogens is 314 g/mol. The summed E-state index contributed by atoms with van der Waals surface area (Å²) >= 11 is 0. The SMILES string of the molecule is c1ccc(-c2cc(-c3ccc(C4CC5CCC4CC5)cc3)ccn2)cc1. The largest absolute Gasteiger partial charge is 0.256 e. The van der Waals surface area contributed by atoms with Crippen molar-refractivity contribution < 1.29 is 0 Å². The summed E-state index contributed by atoms with van der Waals surface area (Å²) in [4.78, 5) is 4.55. The Balaban J connectivity index is 1.41. The van der Waals surface area contributed by atoms with E-state index in [-0.39, 0.29) is 0 Å². The molecule has 3 aliphatic carbocycles. The number of aromatic nitrogens is 1. The fourth-order valence-electron chi connectivity index (χ4n) is 5.09. The first kappa shape index (κ1) is 15.8. The third kappa shape index (κ3) is 2.96. The number of benzene rings is 2. The molecule has 1 aromatic heterocycles. The topological polar surface area (TPSA) is 12.9 Å². The second-order valence-corrected chi connectivity index (χ2v) is 8.04. The van der Waals surface area contributed by atoms with Crippen LogP contribution in [0.1, 0.15) is 43.6 Å². The van der Waals surface area contributed by atoms with E-state index < -0.39 is 0 Å². The first-order valence-corrected chi connectivity index (χ1v) is 9.98. The zero-order chi connectivity index (χ0) is 17.3. The van der Waals surface area contributed by atoms with E-state index in [0.717, 1.165) is 23.4 Å². The molecule has 1 heterocycles. The molecule has 2 bridgehead atoms. The number of fused-ring (bicyclic) bond motifs is 3. The van der Waals surface area contributed by atoms with E-state index in [1.807, 2.05) is 12.3 Å². The molecule has 26 heavy (non-hydrogen) atoms. The van der Waals surface area contributed by atoms with Crippen LogP contribution < -0.4 is 0 Å². The zero-order valence-corrected chi connectivity index (χ0v) is 15.1. The molecule has 0 radical (unpaired) electrons. The van der Waals surface area contributed by atoms with Crippen molar-refractivity contribution in [3.05, 3.63) is 78.5 Å². The van der Waals surface area contributed by atoms with Crippen molar-refractivity contribution in [1.29, 1.82) is 0 Å². The Morgan fingerprint density at radius 1 is 0.692 bits per heavy atom. The van der Waals surface area contributed by atoms with Crippen LogP contribution in [0.2, 0.25) is 0 Å². The number of rotatable bonds is 3. The lowest BCUT2D eigenvalue weighted by Crippen LogP contribution is -2.29. The van der Waals surface area contributed by atoms with Crippen molar-refractivity contribution in [2.45, 2.75) is 38.0 Å². The third-order valence-electron chi connectivity index (χ3n) is 6.55. The third-order valence-corrected chi connectivity index (χ3v) is 6.55. The summed E-state index contributed by atoms with van der Waals surface area (Å²) in [7, 11) is 0. The molecule has 0 spiro atoms. The summed E-state index contributed by atoms with van der Waals surface area (Å²) in [5.41, 5.74) is 6.30. The Labute approximate surface area is 156 Å². The van der Waals surface area contributed by atoms with Crippen molar-refractivity contribution in [3.63, 3.8) is 0 Å². The quantitative estimate of drug-likeness (QED) is 0.517. The Hall–Kier alpha value is -2.41. The Morgan fingerprint density at radius 3 is 2.15 bits per heavy atom. The van der Waals surface area contributed by atoms with Gasteiger partial charge in [0.1, 0.15) is 0 Å². The molecule has 0 N–H and O–H groups in total. The van der Waals surface area contributed by atoms with Crippen LogP contribution in [0.4, 0.5) is 0 Å². The van der Waals surface area contributed by atoms with Gasteiger partial charge in [-0.25, -0.2) is 0 Å². The van der Waals surface area contributed by atoms with Gasteiger partial charge in [0, 0.05) is 11.8 Å². The maximum Gasteiger partial charge on any atom is 0.0708 e. The fraction of sp³-hybridized carbons (Fsp3) is 0.320. The molecule has 0 amide bonds. The minimum atomic E-state index is 0.800. The van der Waals surface area contributed by atoms with Crippen LogP contribution in [0.25, 0.3) is 22.4 Å². The molecular formula is C25H25N. The average Bonchev–Trinajstić information content (AvgIpc) is 2.75. The molecule has 6 rings (SSSR count). The minimum absolute atomic E-state index is 0.800.